The summed E-state index contributed by atoms with van der Waals surface area (Å²) in [6.45, 7) is 3.20. The molecule has 1 rings (SSSR count). The Morgan fingerprint density at radius 3 is 2.43 bits per heavy atom. The van der Waals surface area contributed by atoms with Gasteiger partial charge in [-0.15, -0.1) is 0 Å². The molecule has 0 aliphatic rings. The Bertz CT molecular complexity index is 318. The summed E-state index contributed by atoms with van der Waals surface area (Å²) in [7, 11) is 0. The Balaban J connectivity index is 2.55. The minimum Gasteiger partial charge on any atom is -0.434 e. The fraction of sp³-hybridized carbons (Fsp3) is 0.100. The molecule has 0 fully saturated rings. The summed E-state index contributed by atoms with van der Waals surface area (Å²) in [6, 6.07) is 8.18. The second kappa shape index (κ2) is 5.01. The summed E-state index contributed by atoms with van der Waals surface area (Å²) in [5.74, 6) is -0.732. The number of benzene rings is 1. The first kappa shape index (κ1) is 10.2. The molecule has 0 aliphatic heterocycles. The van der Waals surface area contributed by atoms with E-state index in [-0.39, 0.29) is 6.61 Å². The lowest BCUT2D eigenvalue weighted by atomic mass is 10.2. The van der Waals surface area contributed by atoms with Crippen molar-refractivity contribution in [2.75, 3.05) is 6.61 Å². The molecular formula is C10H9O4. The van der Waals surface area contributed by atoms with E-state index in [0.29, 0.717) is 5.56 Å². The van der Waals surface area contributed by atoms with Crippen LogP contribution in [0.5, 0.6) is 0 Å². The molecule has 0 saturated heterocycles. The molecule has 0 spiro atoms. The van der Waals surface area contributed by atoms with Crippen LogP contribution in [0.3, 0.4) is 0 Å². The molecule has 0 aliphatic carbocycles. The number of rotatable bonds is 2. The normalized spacial score (nSPS) is 9.21. The van der Waals surface area contributed by atoms with Crippen molar-refractivity contribution in [2.45, 2.75) is 0 Å². The van der Waals surface area contributed by atoms with Gasteiger partial charge in [0.2, 0.25) is 0 Å². The van der Waals surface area contributed by atoms with Gasteiger partial charge in [-0.2, -0.15) is 0 Å². The molecule has 1 aromatic rings. The molecule has 0 bridgehead atoms. The number of carbonyl (C=O) groups is 2. The molecule has 14 heavy (non-hydrogen) atoms. The molecule has 0 saturated carbocycles. The van der Waals surface area contributed by atoms with Crippen molar-refractivity contribution < 1.29 is 19.1 Å². The zero-order valence-corrected chi connectivity index (χ0v) is 7.43. The number of esters is 1. The van der Waals surface area contributed by atoms with Gasteiger partial charge in [0.05, 0.1) is 12.2 Å². The standard InChI is InChI=1S/C10H9O4/c1-2-13-10(12)14-9(11)8-6-4-3-5-7-8/h3-7H,1-2H2. The van der Waals surface area contributed by atoms with Gasteiger partial charge in [0.1, 0.15) is 0 Å². The Morgan fingerprint density at radius 1 is 1.21 bits per heavy atom. The van der Waals surface area contributed by atoms with Gasteiger partial charge in [0, 0.05) is 0 Å². The first-order chi connectivity index (χ1) is 6.74. The molecule has 0 unspecified atom stereocenters. The van der Waals surface area contributed by atoms with Crippen LogP contribution >= 0.6 is 0 Å². The summed E-state index contributed by atoms with van der Waals surface area (Å²) in [5, 5.41) is 0. The third-order valence-electron chi connectivity index (χ3n) is 1.41. The molecule has 0 aromatic heterocycles. The lowest BCUT2D eigenvalue weighted by Gasteiger charge is -2.01. The molecule has 4 nitrogen and oxygen atoms in total. The van der Waals surface area contributed by atoms with Crippen molar-refractivity contribution in [3.05, 3.63) is 42.8 Å². The maximum absolute atomic E-state index is 11.2. The molecule has 0 amide bonds. The molecule has 1 aromatic carbocycles. The highest BCUT2D eigenvalue weighted by molar-refractivity contribution is 5.95. The van der Waals surface area contributed by atoms with Crippen LogP contribution in [0.4, 0.5) is 4.79 Å². The monoisotopic (exact) mass is 193 g/mol. The van der Waals surface area contributed by atoms with E-state index < -0.39 is 12.1 Å². The van der Waals surface area contributed by atoms with Crippen LogP contribution < -0.4 is 0 Å². The Morgan fingerprint density at radius 2 is 1.86 bits per heavy atom. The van der Waals surface area contributed by atoms with Gasteiger partial charge >= 0.3 is 12.1 Å². The van der Waals surface area contributed by atoms with E-state index in [1.165, 1.54) is 0 Å². The van der Waals surface area contributed by atoms with Crippen molar-refractivity contribution in [2.24, 2.45) is 0 Å². The predicted molar refractivity (Wildman–Crippen MR) is 48.6 cm³/mol. The van der Waals surface area contributed by atoms with Crippen LogP contribution in [-0.2, 0) is 9.47 Å². The van der Waals surface area contributed by atoms with Gasteiger partial charge in [-0.3, -0.25) is 0 Å². The van der Waals surface area contributed by atoms with E-state index >= 15 is 0 Å². The van der Waals surface area contributed by atoms with E-state index in [9.17, 15) is 9.59 Å². The molecule has 0 heterocycles. The molecule has 1 radical (unpaired) electrons. The fourth-order valence-corrected chi connectivity index (χ4v) is 0.822. The first-order valence-corrected chi connectivity index (χ1v) is 3.97. The van der Waals surface area contributed by atoms with Crippen LogP contribution in [0.15, 0.2) is 30.3 Å². The summed E-state index contributed by atoms with van der Waals surface area (Å²) >= 11 is 0. The predicted octanol–water partition coefficient (Wildman–Crippen LogP) is 1.81. The fourth-order valence-electron chi connectivity index (χ4n) is 0.822. The SMILES string of the molecule is [CH2]COC(=O)OC(=O)c1ccccc1. The smallest absolute Gasteiger partial charge is 0.434 e. The Kier molecular flexibility index (Phi) is 3.67. The van der Waals surface area contributed by atoms with Crippen LogP contribution in [0, 0.1) is 6.92 Å². The lowest BCUT2D eigenvalue weighted by Crippen LogP contribution is -2.13. The second-order valence-electron chi connectivity index (χ2n) is 2.35. The highest BCUT2D eigenvalue weighted by Gasteiger charge is 2.12. The van der Waals surface area contributed by atoms with Crippen molar-refractivity contribution >= 4 is 12.1 Å². The van der Waals surface area contributed by atoms with Crippen molar-refractivity contribution in [1.29, 1.82) is 0 Å². The van der Waals surface area contributed by atoms with E-state index in [4.69, 9.17) is 0 Å². The van der Waals surface area contributed by atoms with E-state index in [1.54, 1.807) is 30.3 Å². The average molecular weight is 193 g/mol. The zero-order valence-electron chi connectivity index (χ0n) is 7.43. The highest BCUT2D eigenvalue weighted by Crippen LogP contribution is 2.01. The topological polar surface area (TPSA) is 52.6 Å². The van der Waals surface area contributed by atoms with Gasteiger partial charge in [-0.05, 0) is 19.1 Å². The largest absolute Gasteiger partial charge is 0.516 e. The van der Waals surface area contributed by atoms with Crippen LogP contribution in [-0.4, -0.2) is 18.7 Å². The van der Waals surface area contributed by atoms with E-state index in [2.05, 4.69) is 16.4 Å². The van der Waals surface area contributed by atoms with Crippen LogP contribution in [0.25, 0.3) is 0 Å². The van der Waals surface area contributed by atoms with Gasteiger partial charge in [0.25, 0.3) is 0 Å². The Hall–Kier alpha value is -1.84. The highest BCUT2D eigenvalue weighted by atomic mass is 16.7. The second-order valence-corrected chi connectivity index (χ2v) is 2.35. The van der Waals surface area contributed by atoms with Crippen molar-refractivity contribution in [3.8, 4) is 0 Å². The first-order valence-electron chi connectivity index (χ1n) is 3.97. The lowest BCUT2D eigenvalue weighted by molar-refractivity contribution is 0.0416. The summed E-state index contributed by atoms with van der Waals surface area (Å²) in [6.07, 6.45) is -1.03. The summed E-state index contributed by atoms with van der Waals surface area (Å²) in [5.41, 5.74) is 0.300. The summed E-state index contributed by atoms with van der Waals surface area (Å²) < 4.78 is 8.68. The minimum atomic E-state index is -1.03. The maximum Gasteiger partial charge on any atom is 0.516 e. The number of hydrogen-bond acceptors (Lipinski definition) is 4. The average Bonchev–Trinajstić information content (AvgIpc) is 2.19. The summed E-state index contributed by atoms with van der Waals surface area (Å²) in [4.78, 5) is 21.9. The molecule has 0 atom stereocenters. The third kappa shape index (κ3) is 2.90. The Labute approximate surface area is 81.4 Å². The van der Waals surface area contributed by atoms with Crippen LogP contribution in [0.1, 0.15) is 10.4 Å². The maximum atomic E-state index is 11.2. The van der Waals surface area contributed by atoms with E-state index in [0.717, 1.165) is 0 Å². The zero-order chi connectivity index (χ0) is 10.4. The van der Waals surface area contributed by atoms with Gasteiger partial charge in [-0.25, -0.2) is 9.59 Å². The van der Waals surface area contributed by atoms with Crippen LogP contribution in [0.2, 0.25) is 0 Å². The molecule has 4 heteroatoms. The third-order valence-corrected chi connectivity index (χ3v) is 1.41. The van der Waals surface area contributed by atoms with Gasteiger partial charge < -0.3 is 9.47 Å². The van der Waals surface area contributed by atoms with E-state index in [1.807, 2.05) is 0 Å². The van der Waals surface area contributed by atoms with Crippen molar-refractivity contribution in [3.63, 3.8) is 0 Å². The van der Waals surface area contributed by atoms with Gasteiger partial charge in [0.15, 0.2) is 0 Å². The molecule has 73 valence electrons. The number of ether oxygens (including phenoxy) is 2. The molecular weight excluding hydrogens is 184 g/mol. The molecule has 0 N–H and O–H groups in total. The number of carbonyl (C=O) groups excluding carboxylic acids is 2. The number of hydrogen-bond donors (Lipinski definition) is 0. The minimum absolute atomic E-state index is 0.0685. The quantitative estimate of drug-likeness (QED) is 0.531. The van der Waals surface area contributed by atoms with Crippen molar-refractivity contribution in [1.82, 2.24) is 0 Å². The van der Waals surface area contributed by atoms with Gasteiger partial charge in [-0.1, -0.05) is 18.2 Å².